The molecule has 86 valence electrons. The standard InChI is InChI=1S/C10H18N2O3/c1-10(5-15-6-10)4-12-9(14)8-2-7(13)3-11-8/h7-8,11,13H,2-6H2,1H3,(H,12,14). The summed E-state index contributed by atoms with van der Waals surface area (Å²) in [5.74, 6) is -0.0142. The number of carbonyl (C=O) groups is 1. The topological polar surface area (TPSA) is 70.6 Å². The first-order chi connectivity index (χ1) is 7.09. The van der Waals surface area contributed by atoms with E-state index in [2.05, 4.69) is 17.6 Å². The van der Waals surface area contributed by atoms with Crippen molar-refractivity contribution >= 4 is 5.91 Å². The molecule has 0 aromatic heterocycles. The number of β-amino-alcohol motifs (C(OH)–C–C–N with tert-alkyl or cyclic N) is 1. The van der Waals surface area contributed by atoms with E-state index in [-0.39, 0.29) is 23.5 Å². The van der Waals surface area contributed by atoms with Gasteiger partial charge >= 0.3 is 0 Å². The lowest BCUT2D eigenvalue weighted by Crippen LogP contribution is -2.51. The van der Waals surface area contributed by atoms with Gasteiger partial charge in [-0.3, -0.25) is 4.79 Å². The molecule has 2 aliphatic heterocycles. The molecular formula is C10H18N2O3. The zero-order valence-corrected chi connectivity index (χ0v) is 8.95. The smallest absolute Gasteiger partial charge is 0.237 e. The van der Waals surface area contributed by atoms with Crippen LogP contribution in [0.15, 0.2) is 0 Å². The van der Waals surface area contributed by atoms with E-state index in [1.54, 1.807) is 0 Å². The summed E-state index contributed by atoms with van der Waals surface area (Å²) in [6.45, 7) is 4.69. The van der Waals surface area contributed by atoms with E-state index in [1.807, 2.05) is 0 Å². The molecule has 0 radical (unpaired) electrons. The van der Waals surface area contributed by atoms with Crippen LogP contribution in [0.2, 0.25) is 0 Å². The SMILES string of the molecule is CC1(CNC(=O)C2CC(O)CN2)COC1. The Balaban J connectivity index is 1.72. The van der Waals surface area contributed by atoms with Gasteiger partial charge in [-0.2, -0.15) is 0 Å². The number of carbonyl (C=O) groups excluding carboxylic acids is 1. The Labute approximate surface area is 89.2 Å². The third kappa shape index (κ3) is 2.48. The molecule has 5 heteroatoms. The molecule has 15 heavy (non-hydrogen) atoms. The van der Waals surface area contributed by atoms with Crippen LogP contribution in [0, 0.1) is 5.41 Å². The molecule has 2 unspecified atom stereocenters. The first-order valence-electron chi connectivity index (χ1n) is 5.36. The highest BCUT2D eigenvalue weighted by molar-refractivity contribution is 5.82. The van der Waals surface area contributed by atoms with Crippen molar-refractivity contribution in [1.82, 2.24) is 10.6 Å². The van der Waals surface area contributed by atoms with Gasteiger partial charge in [0.25, 0.3) is 0 Å². The van der Waals surface area contributed by atoms with Crippen LogP contribution in [-0.4, -0.2) is 49.5 Å². The van der Waals surface area contributed by atoms with E-state index in [1.165, 1.54) is 0 Å². The van der Waals surface area contributed by atoms with Gasteiger partial charge in [0.05, 0.1) is 25.4 Å². The summed E-state index contributed by atoms with van der Waals surface area (Å²) in [5.41, 5.74) is 0.104. The number of rotatable bonds is 3. The fraction of sp³-hybridized carbons (Fsp3) is 0.900. The second-order valence-corrected chi connectivity index (χ2v) is 4.87. The molecule has 5 nitrogen and oxygen atoms in total. The first-order valence-corrected chi connectivity index (χ1v) is 5.36. The van der Waals surface area contributed by atoms with E-state index < -0.39 is 0 Å². The van der Waals surface area contributed by atoms with Crippen LogP contribution in [0.4, 0.5) is 0 Å². The van der Waals surface area contributed by atoms with Gasteiger partial charge in [-0.25, -0.2) is 0 Å². The lowest BCUT2D eigenvalue weighted by Gasteiger charge is -2.38. The molecule has 2 heterocycles. The number of nitrogens with one attached hydrogen (secondary N) is 2. The lowest BCUT2D eigenvalue weighted by molar-refractivity contribution is -0.128. The Morgan fingerprint density at radius 3 is 2.87 bits per heavy atom. The molecule has 0 aromatic carbocycles. The first kappa shape index (κ1) is 10.9. The molecule has 0 bridgehead atoms. The Bertz CT molecular complexity index is 253. The van der Waals surface area contributed by atoms with Gasteiger partial charge in [-0.05, 0) is 6.42 Å². The van der Waals surface area contributed by atoms with Crippen molar-refractivity contribution < 1.29 is 14.6 Å². The van der Waals surface area contributed by atoms with Crippen LogP contribution in [0.25, 0.3) is 0 Å². The number of aliphatic hydroxyl groups excluding tert-OH is 1. The van der Waals surface area contributed by atoms with Gasteiger partial charge < -0.3 is 20.5 Å². The predicted molar refractivity (Wildman–Crippen MR) is 54.4 cm³/mol. The predicted octanol–water partition coefficient (Wildman–Crippen LogP) is -1.14. The summed E-state index contributed by atoms with van der Waals surface area (Å²) in [6.07, 6.45) is 0.127. The van der Waals surface area contributed by atoms with Crippen molar-refractivity contribution in [2.75, 3.05) is 26.3 Å². The summed E-state index contributed by atoms with van der Waals surface area (Å²) < 4.78 is 5.11. The third-order valence-corrected chi connectivity index (χ3v) is 3.01. The van der Waals surface area contributed by atoms with E-state index in [0.717, 1.165) is 0 Å². The van der Waals surface area contributed by atoms with E-state index in [9.17, 15) is 9.90 Å². The molecule has 0 aromatic rings. The number of amides is 1. The number of hydrogen-bond donors (Lipinski definition) is 3. The van der Waals surface area contributed by atoms with Crippen LogP contribution in [0.3, 0.4) is 0 Å². The van der Waals surface area contributed by atoms with Gasteiger partial charge in [0, 0.05) is 18.5 Å². The Hall–Kier alpha value is -0.650. The highest BCUT2D eigenvalue weighted by Gasteiger charge is 2.35. The summed E-state index contributed by atoms with van der Waals surface area (Å²) in [6, 6.07) is -0.232. The summed E-state index contributed by atoms with van der Waals surface area (Å²) in [4.78, 5) is 11.7. The maximum Gasteiger partial charge on any atom is 0.237 e. The molecule has 2 aliphatic rings. The van der Waals surface area contributed by atoms with Gasteiger partial charge in [0.15, 0.2) is 0 Å². The molecule has 3 N–H and O–H groups in total. The van der Waals surface area contributed by atoms with Crippen LogP contribution in [0.1, 0.15) is 13.3 Å². The van der Waals surface area contributed by atoms with E-state index in [0.29, 0.717) is 32.7 Å². The summed E-state index contributed by atoms with van der Waals surface area (Å²) in [5, 5.41) is 15.2. The van der Waals surface area contributed by atoms with Crippen LogP contribution in [0.5, 0.6) is 0 Å². The monoisotopic (exact) mass is 214 g/mol. The minimum absolute atomic E-state index is 0.0142. The molecule has 2 atom stereocenters. The minimum Gasteiger partial charge on any atom is -0.392 e. The molecule has 0 aliphatic carbocycles. The fourth-order valence-corrected chi connectivity index (χ4v) is 1.89. The Morgan fingerprint density at radius 2 is 2.40 bits per heavy atom. The molecule has 2 fully saturated rings. The van der Waals surface area contributed by atoms with Crippen molar-refractivity contribution in [3.05, 3.63) is 0 Å². The molecule has 2 rings (SSSR count). The molecular weight excluding hydrogens is 196 g/mol. The Morgan fingerprint density at radius 1 is 1.67 bits per heavy atom. The minimum atomic E-state index is -0.386. The zero-order valence-electron chi connectivity index (χ0n) is 8.95. The molecule has 1 amide bonds. The molecule has 0 saturated carbocycles. The quantitative estimate of drug-likeness (QED) is 0.555. The van der Waals surface area contributed by atoms with Crippen LogP contribution >= 0.6 is 0 Å². The van der Waals surface area contributed by atoms with Crippen LogP contribution < -0.4 is 10.6 Å². The van der Waals surface area contributed by atoms with Crippen molar-refractivity contribution in [1.29, 1.82) is 0 Å². The Kier molecular flexibility index (Phi) is 2.95. The third-order valence-electron chi connectivity index (χ3n) is 3.01. The van der Waals surface area contributed by atoms with Gasteiger partial charge in [0.2, 0.25) is 5.91 Å². The van der Waals surface area contributed by atoms with Crippen molar-refractivity contribution in [3.8, 4) is 0 Å². The van der Waals surface area contributed by atoms with E-state index in [4.69, 9.17) is 4.74 Å². The second kappa shape index (κ2) is 4.08. The zero-order chi connectivity index (χ0) is 10.9. The fourth-order valence-electron chi connectivity index (χ4n) is 1.89. The van der Waals surface area contributed by atoms with Gasteiger partial charge in [-0.15, -0.1) is 0 Å². The number of hydrogen-bond acceptors (Lipinski definition) is 4. The number of ether oxygens (including phenoxy) is 1. The lowest BCUT2D eigenvalue weighted by atomic mass is 9.88. The maximum atomic E-state index is 11.7. The highest BCUT2D eigenvalue weighted by atomic mass is 16.5. The highest BCUT2D eigenvalue weighted by Crippen LogP contribution is 2.25. The normalized spacial score (nSPS) is 33.5. The second-order valence-electron chi connectivity index (χ2n) is 4.87. The summed E-state index contributed by atoms with van der Waals surface area (Å²) in [7, 11) is 0. The van der Waals surface area contributed by atoms with Gasteiger partial charge in [0.1, 0.15) is 0 Å². The molecule has 2 saturated heterocycles. The largest absolute Gasteiger partial charge is 0.392 e. The van der Waals surface area contributed by atoms with Crippen molar-refractivity contribution in [3.63, 3.8) is 0 Å². The maximum absolute atomic E-state index is 11.7. The summed E-state index contributed by atoms with van der Waals surface area (Å²) >= 11 is 0. The average Bonchev–Trinajstić information content (AvgIpc) is 2.58. The van der Waals surface area contributed by atoms with Crippen molar-refractivity contribution in [2.24, 2.45) is 5.41 Å². The van der Waals surface area contributed by atoms with Gasteiger partial charge in [-0.1, -0.05) is 6.92 Å². The molecule has 0 spiro atoms. The van der Waals surface area contributed by atoms with E-state index >= 15 is 0 Å². The average molecular weight is 214 g/mol. The number of aliphatic hydroxyl groups is 1. The van der Waals surface area contributed by atoms with Crippen LogP contribution in [-0.2, 0) is 9.53 Å². The van der Waals surface area contributed by atoms with Crippen molar-refractivity contribution in [2.45, 2.75) is 25.5 Å².